The van der Waals surface area contributed by atoms with Gasteiger partial charge in [-0.15, -0.1) is 0 Å². The van der Waals surface area contributed by atoms with Crippen LogP contribution in [0.15, 0.2) is 30.3 Å². The summed E-state index contributed by atoms with van der Waals surface area (Å²) in [6, 6.07) is 7.55. The zero-order valence-electron chi connectivity index (χ0n) is 17.2. The SMILES string of the molecule is O=C(O)[C@@H]1CCCN1C(=O)[C@@H](CC(=O)N1CC[C@@H](O)C1)CS(=O)(=O)Cc1ccccc1. The molecule has 10 heteroatoms. The third-order valence-electron chi connectivity index (χ3n) is 5.79. The molecule has 0 radical (unpaired) electrons. The van der Waals surface area contributed by atoms with Gasteiger partial charge in [0, 0.05) is 26.1 Å². The second-order valence-corrected chi connectivity index (χ2v) is 10.4. The van der Waals surface area contributed by atoms with Crippen molar-refractivity contribution in [1.29, 1.82) is 0 Å². The number of amides is 2. The molecule has 2 saturated heterocycles. The lowest BCUT2D eigenvalue weighted by Crippen LogP contribution is -2.46. The molecule has 9 nitrogen and oxygen atoms in total. The molecule has 2 N–H and O–H groups in total. The van der Waals surface area contributed by atoms with Crippen LogP contribution >= 0.6 is 0 Å². The minimum absolute atomic E-state index is 0.151. The van der Waals surface area contributed by atoms with Gasteiger partial charge in [0.05, 0.1) is 23.5 Å². The Morgan fingerprint density at radius 1 is 1.10 bits per heavy atom. The monoisotopic (exact) mass is 452 g/mol. The molecule has 170 valence electrons. The van der Waals surface area contributed by atoms with Crippen molar-refractivity contribution in [2.45, 2.75) is 43.6 Å². The van der Waals surface area contributed by atoms with Crippen LogP contribution < -0.4 is 0 Å². The third kappa shape index (κ3) is 6.04. The van der Waals surface area contributed by atoms with Gasteiger partial charge in [0.2, 0.25) is 11.8 Å². The van der Waals surface area contributed by atoms with Gasteiger partial charge in [-0.3, -0.25) is 9.59 Å². The van der Waals surface area contributed by atoms with Crippen LogP contribution in [0.25, 0.3) is 0 Å². The second-order valence-electron chi connectivity index (χ2n) is 8.25. The van der Waals surface area contributed by atoms with Crippen LogP contribution in [0, 0.1) is 5.92 Å². The Labute approximate surface area is 181 Å². The van der Waals surface area contributed by atoms with Crippen LogP contribution in [0.1, 0.15) is 31.2 Å². The van der Waals surface area contributed by atoms with Crippen LogP contribution in [0.4, 0.5) is 0 Å². The summed E-state index contributed by atoms with van der Waals surface area (Å²) >= 11 is 0. The number of aliphatic hydroxyl groups is 1. The fourth-order valence-corrected chi connectivity index (χ4v) is 5.93. The Balaban J connectivity index is 1.78. The molecule has 1 aromatic rings. The van der Waals surface area contributed by atoms with Crippen LogP contribution in [-0.4, -0.2) is 83.7 Å². The van der Waals surface area contributed by atoms with E-state index < -0.39 is 51.4 Å². The standard InChI is InChI=1S/C21H28N2O7S/c24-17-8-10-22(12-17)19(25)11-16(20(26)23-9-4-7-18(23)21(27)28)14-31(29,30)13-15-5-2-1-3-6-15/h1-3,5-6,16-18,24H,4,7-14H2,(H,27,28)/t16-,17+,18-/m0/s1. The Bertz CT molecular complexity index is 919. The molecule has 0 unspecified atom stereocenters. The van der Waals surface area contributed by atoms with Gasteiger partial charge in [0.15, 0.2) is 9.84 Å². The van der Waals surface area contributed by atoms with Crippen molar-refractivity contribution in [3.63, 3.8) is 0 Å². The van der Waals surface area contributed by atoms with Gasteiger partial charge in [0.1, 0.15) is 6.04 Å². The summed E-state index contributed by atoms with van der Waals surface area (Å²) in [5.74, 6) is -4.13. The van der Waals surface area contributed by atoms with Gasteiger partial charge in [-0.2, -0.15) is 0 Å². The van der Waals surface area contributed by atoms with Crippen LogP contribution in [0.2, 0.25) is 0 Å². The van der Waals surface area contributed by atoms with Gasteiger partial charge < -0.3 is 20.0 Å². The number of carbonyl (C=O) groups is 3. The van der Waals surface area contributed by atoms with E-state index in [0.717, 1.165) is 0 Å². The summed E-state index contributed by atoms with van der Waals surface area (Å²) in [5.41, 5.74) is 0.576. The van der Waals surface area contributed by atoms with E-state index >= 15 is 0 Å². The highest BCUT2D eigenvalue weighted by Crippen LogP contribution is 2.24. The lowest BCUT2D eigenvalue weighted by atomic mass is 10.0. The number of aliphatic hydroxyl groups excluding tert-OH is 1. The molecule has 0 saturated carbocycles. The number of sulfone groups is 1. The minimum atomic E-state index is -3.74. The number of rotatable bonds is 8. The maximum absolute atomic E-state index is 13.2. The molecule has 2 heterocycles. The van der Waals surface area contributed by atoms with Gasteiger partial charge >= 0.3 is 5.97 Å². The lowest BCUT2D eigenvalue weighted by Gasteiger charge is -2.27. The summed E-state index contributed by atoms with van der Waals surface area (Å²) in [7, 11) is -3.74. The smallest absolute Gasteiger partial charge is 0.326 e. The molecule has 1 aromatic carbocycles. The van der Waals surface area contributed by atoms with Gasteiger partial charge in [-0.05, 0) is 24.8 Å². The molecule has 0 bridgehead atoms. The van der Waals surface area contributed by atoms with Crippen molar-refractivity contribution >= 4 is 27.6 Å². The zero-order chi connectivity index (χ0) is 22.6. The molecule has 2 amide bonds. The maximum atomic E-state index is 13.2. The van der Waals surface area contributed by atoms with E-state index in [9.17, 15) is 33.0 Å². The number of hydrogen-bond donors (Lipinski definition) is 2. The van der Waals surface area contributed by atoms with E-state index in [0.29, 0.717) is 31.4 Å². The third-order valence-corrected chi connectivity index (χ3v) is 7.48. The first-order valence-electron chi connectivity index (χ1n) is 10.4. The van der Waals surface area contributed by atoms with E-state index in [1.807, 2.05) is 0 Å². The average molecular weight is 453 g/mol. The molecule has 0 aromatic heterocycles. The minimum Gasteiger partial charge on any atom is -0.480 e. The summed E-state index contributed by atoms with van der Waals surface area (Å²) in [5, 5.41) is 19.1. The number of carbonyl (C=O) groups excluding carboxylic acids is 2. The predicted octanol–water partition coefficient (Wildman–Crippen LogP) is 0.277. The van der Waals surface area contributed by atoms with Crippen LogP contribution in [0.5, 0.6) is 0 Å². The van der Waals surface area contributed by atoms with Crippen molar-refractivity contribution in [2.75, 3.05) is 25.4 Å². The normalized spacial score (nSPS) is 22.5. The number of nitrogens with zero attached hydrogens (tertiary/aromatic N) is 2. The van der Waals surface area contributed by atoms with E-state index in [4.69, 9.17) is 0 Å². The average Bonchev–Trinajstić information content (AvgIpc) is 3.36. The van der Waals surface area contributed by atoms with Crippen LogP contribution in [-0.2, 0) is 30.0 Å². The largest absolute Gasteiger partial charge is 0.480 e. The molecule has 31 heavy (non-hydrogen) atoms. The van der Waals surface area contributed by atoms with Crippen molar-refractivity contribution in [1.82, 2.24) is 9.80 Å². The Kier molecular flexibility index (Phi) is 7.32. The second kappa shape index (κ2) is 9.78. The van der Waals surface area contributed by atoms with Gasteiger partial charge in [-0.1, -0.05) is 30.3 Å². The van der Waals surface area contributed by atoms with E-state index in [2.05, 4.69) is 0 Å². The summed E-state index contributed by atoms with van der Waals surface area (Å²) in [4.78, 5) is 40.0. The van der Waals surface area contributed by atoms with Crippen molar-refractivity contribution in [3.05, 3.63) is 35.9 Å². The number of aliphatic carboxylic acids is 1. The summed E-state index contributed by atoms with van der Waals surface area (Å²) in [6.07, 6.45) is 0.288. The van der Waals surface area contributed by atoms with Crippen LogP contribution in [0.3, 0.4) is 0 Å². The Morgan fingerprint density at radius 2 is 1.81 bits per heavy atom. The number of carboxylic acids is 1. The maximum Gasteiger partial charge on any atom is 0.326 e. The van der Waals surface area contributed by atoms with Crippen molar-refractivity contribution in [2.24, 2.45) is 5.92 Å². The quantitative estimate of drug-likeness (QED) is 0.579. The highest BCUT2D eigenvalue weighted by molar-refractivity contribution is 7.90. The molecule has 0 spiro atoms. The zero-order valence-corrected chi connectivity index (χ0v) is 18.0. The highest BCUT2D eigenvalue weighted by Gasteiger charge is 2.40. The fraction of sp³-hybridized carbons (Fsp3) is 0.571. The highest BCUT2D eigenvalue weighted by atomic mass is 32.2. The van der Waals surface area contributed by atoms with E-state index in [1.54, 1.807) is 30.3 Å². The number of benzene rings is 1. The molecule has 2 fully saturated rings. The predicted molar refractivity (Wildman–Crippen MR) is 112 cm³/mol. The molecule has 2 aliphatic heterocycles. The molecule has 3 rings (SSSR count). The fourth-order valence-electron chi connectivity index (χ4n) is 4.24. The molecule has 3 atom stereocenters. The topological polar surface area (TPSA) is 132 Å². The number of likely N-dealkylation sites (tertiary alicyclic amines) is 2. The first kappa shape index (κ1) is 23.2. The molecular formula is C21H28N2O7S. The van der Waals surface area contributed by atoms with Crippen molar-refractivity contribution < 1.29 is 33.0 Å². The number of β-amino-alcohol motifs (C(OH)–C–C–N with tert-alkyl or cyclic N) is 1. The van der Waals surface area contributed by atoms with E-state index in [1.165, 1.54) is 9.80 Å². The number of carboxylic acid groups (broad SMARTS) is 1. The Hall–Kier alpha value is -2.46. The molecule has 2 aliphatic rings. The number of hydrogen-bond acceptors (Lipinski definition) is 6. The van der Waals surface area contributed by atoms with E-state index in [-0.39, 0.29) is 25.3 Å². The van der Waals surface area contributed by atoms with Crippen molar-refractivity contribution in [3.8, 4) is 0 Å². The molecular weight excluding hydrogens is 424 g/mol. The van der Waals surface area contributed by atoms with Gasteiger partial charge in [-0.25, -0.2) is 13.2 Å². The summed E-state index contributed by atoms with van der Waals surface area (Å²) < 4.78 is 25.7. The first-order chi connectivity index (χ1) is 14.7. The molecule has 0 aliphatic carbocycles. The van der Waals surface area contributed by atoms with Gasteiger partial charge in [0.25, 0.3) is 0 Å². The summed E-state index contributed by atoms with van der Waals surface area (Å²) in [6.45, 7) is 0.721. The lowest BCUT2D eigenvalue weighted by molar-refractivity contribution is -0.150. The first-order valence-corrected chi connectivity index (χ1v) is 12.2. The Morgan fingerprint density at radius 3 is 2.42 bits per heavy atom.